The minimum atomic E-state index is -0.618. The van der Waals surface area contributed by atoms with E-state index >= 15 is 0 Å². The van der Waals surface area contributed by atoms with Crippen LogP contribution in [-0.4, -0.2) is 36.4 Å². The lowest BCUT2D eigenvalue weighted by Crippen LogP contribution is -2.33. The van der Waals surface area contributed by atoms with Gasteiger partial charge in [-0.25, -0.2) is 4.98 Å². The number of carbonyl (C=O) groups is 1. The average molecular weight is 349 g/mol. The molecule has 1 aromatic carbocycles. The highest BCUT2D eigenvalue weighted by Crippen LogP contribution is 2.25. The summed E-state index contributed by atoms with van der Waals surface area (Å²) in [5.41, 5.74) is 3.37. The number of nitrogens with zero attached hydrogens (tertiary/aromatic N) is 1. The maximum Gasteiger partial charge on any atom is 0.254 e. The number of fused-ring (bicyclic) bond motifs is 1. The molecule has 0 unspecified atom stereocenters. The summed E-state index contributed by atoms with van der Waals surface area (Å²) < 4.78 is 11.0. The smallest absolute Gasteiger partial charge is 0.254 e. The standard InChI is InChI=1S/C18H21ClN2O3/c1-11-8-12(2)15-13(9-11)10-14(16(19)21-15)17(22)20-5-4-18(3)23-6-7-24-18/h8-10H,4-7H2,1-3H3,(H,20,22). The Morgan fingerprint density at radius 1 is 1.29 bits per heavy atom. The molecule has 1 amide bonds. The zero-order valence-electron chi connectivity index (χ0n) is 14.1. The Hall–Kier alpha value is -1.69. The maximum absolute atomic E-state index is 12.4. The van der Waals surface area contributed by atoms with E-state index in [-0.39, 0.29) is 11.1 Å². The molecule has 1 aromatic heterocycles. The molecule has 6 heteroatoms. The third kappa shape index (κ3) is 3.53. The van der Waals surface area contributed by atoms with E-state index in [1.807, 2.05) is 32.9 Å². The summed E-state index contributed by atoms with van der Waals surface area (Å²) in [7, 11) is 0. The predicted octanol–water partition coefficient (Wildman–Crippen LogP) is 3.39. The summed E-state index contributed by atoms with van der Waals surface area (Å²) in [5, 5.41) is 3.99. The molecule has 0 radical (unpaired) electrons. The van der Waals surface area contributed by atoms with Gasteiger partial charge in [-0.05, 0) is 38.5 Å². The van der Waals surface area contributed by atoms with Gasteiger partial charge in [0.1, 0.15) is 5.15 Å². The fourth-order valence-corrected chi connectivity index (χ4v) is 3.21. The largest absolute Gasteiger partial charge is 0.352 e. The summed E-state index contributed by atoms with van der Waals surface area (Å²) in [6.45, 7) is 7.50. The molecule has 0 bridgehead atoms. The van der Waals surface area contributed by atoms with Crippen LogP contribution in [0.3, 0.4) is 0 Å². The van der Waals surface area contributed by atoms with Crippen LogP contribution in [0.2, 0.25) is 5.15 Å². The SMILES string of the molecule is Cc1cc(C)c2nc(Cl)c(C(=O)NCCC3(C)OCCO3)cc2c1. The number of rotatable bonds is 4. The van der Waals surface area contributed by atoms with Crippen LogP contribution in [0.25, 0.3) is 10.9 Å². The van der Waals surface area contributed by atoms with E-state index in [4.69, 9.17) is 21.1 Å². The van der Waals surface area contributed by atoms with E-state index in [1.54, 1.807) is 6.07 Å². The number of halogens is 1. The Morgan fingerprint density at radius 2 is 2.00 bits per heavy atom. The molecular formula is C18H21ClN2O3. The van der Waals surface area contributed by atoms with Gasteiger partial charge in [-0.15, -0.1) is 0 Å². The maximum atomic E-state index is 12.4. The molecule has 2 heterocycles. The molecule has 5 nitrogen and oxygen atoms in total. The second-order valence-electron chi connectivity index (χ2n) is 6.32. The van der Waals surface area contributed by atoms with Gasteiger partial charge in [0, 0.05) is 18.4 Å². The molecule has 1 N–H and O–H groups in total. The monoisotopic (exact) mass is 348 g/mol. The van der Waals surface area contributed by atoms with Gasteiger partial charge in [-0.2, -0.15) is 0 Å². The Bertz CT molecular complexity index is 785. The van der Waals surface area contributed by atoms with Gasteiger partial charge in [0.25, 0.3) is 5.91 Å². The number of aromatic nitrogens is 1. The molecule has 128 valence electrons. The Labute approximate surface area is 146 Å². The van der Waals surface area contributed by atoms with E-state index in [1.165, 1.54) is 0 Å². The molecule has 24 heavy (non-hydrogen) atoms. The summed E-state index contributed by atoms with van der Waals surface area (Å²) in [6.07, 6.45) is 0.579. The van der Waals surface area contributed by atoms with Gasteiger partial charge >= 0.3 is 0 Å². The topological polar surface area (TPSA) is 60.5 Å². The van der Waals surface area contributed by atoms with Gasteiger partial charge < -0.3 is 14.8 Å². The minimum Gasteiger partial charge on any atom is -0.352 e. The Kier molecular flexibility index (Phi) is 4.76. The van der Waals surface area contributed by atoms with Crippen LogP contribution in [-0.2, 0) is 9.47 Å². The number of benzene rings is 1. The van der Waals surface area contributed by atoms with E-state index in [2.05, 4.69) is 10.3 Å². The quantitative estimate of drug-likeness (QED) is 0.860. The second-order valence-corrected chi connectivity index (χ2v) is 6.67. The van der Waals surface area contributed by atoms with Crippen LogP contribution < -0.4 is 5.32 Å². The number of nitrogens with one attached hydrogen (secondary N) is 1. The average Bonchev–Trinajstić information content (AvgIpc) is 2.94. The third-order valence-corrected chi connectivity index (χ3v) is 4.50. The van der Waals surface area contributed by atoms with Crippen LogP contribution in [0.4, 0.5) is 0 Å². The number of pyridine rings is 1. The number of hydrogen-bond donors (Lipinski definition) is 1. The van der Waals surface area contributed by atoms with Crippen LogP contribution >= 0.6 is 11.6 Å². The number of ether oxygens (including phenoxy) is 2. The van der Waals surface area contributed by atoms with Crippen molar-refractivity contribution in [3.63, 3.8) is 0 Å². The van der Waals surface area contributed by atoms with E-state index < -0.39 is 5.79 Å². The van der Waals surface area contributed by atoms with Gasteiger partial charge in [0.05, 0.1) is 24.3 Å². The summed E-state index contributed by atoms with van der Waals surface area (Å²) >= 11 is 6.22. The van der Waals surface area contributed by atoms with Crippen LogP contribution in [0, 0.1) is 13.8 Å². The first-order chi connectivity index (χ1) is 11.4. The van der Waals surface area contributed by atoms with Crippen LogP contribution in [0.5, 0.6) is 0 Å². The van der Waals surface area contributed by atoms with Crippen molar-refractivity contribution >= 4 is 28.4 Å². The predicted molar refractivity (Wildman–Crippen MR) is 93.5 cm³/mol. The molecule has 1 aliphatic heterocycles. The molecule has 1 aliphatic rings. The van der Waals surface area contributed by atoms with E-state index in [0.717, 1.165) is 22.0 Å². The van der Waals surface area contributed by atoms with Crippen molar-refractivity contribution in [2.75, 3.05) is 19.8 Å². The van der Waals surface area contributed by atoms with Gasteiger partial charge in [0.2, 0.25) is 0 Å². The van der Waals surface area contributed by atoms with Crippen molar-refractivity contribution in [1.82, 2.24) is 10.3 Å². The zero-order chi connectivity index (χ0) is 17.3. The molecular weight excluding hydrogens is 328 g/mol. The molecule has 1 fully saturated rings. The van der Waals surface area contributed by atoms with Crippen molar-refractivity contribution in [1.29, 1.82) is 0 Å². The first kappa shape index (κ1) is 17.1. The second kappa shape index (κ2) is 6.67. The number of carbonyl (C=O) groups excluding carboxylic acids is 1. The summed E-state index contributed by atoms with van der Waals surface area (Å²) in [6, 6.07) is 5.85. The third-order valence-electron chi connectivity index (χ3n) is 4.21. The lowest BCUT2D eigenvalue weighted by Gasteiger charge is -2.22. The first-order valence-corrected chi connectivity index (χ1v) is 8.39. The molecule has 0 spiro atoms. The molecule has 3 rings (SSSR count). The Balaban J connectivity index is 1.75. The van der Waals surface area contributed by atoms with Crippen molar-refractivity contribution in [2.24, 2.45) is 0 Å². The van der Waals surface area contributed by atoms with Crippen molar-refractivity contribution in [3.8, 4) is 0 Å². The molecule has 0 atom stereocenters. The van der Waals surface area contributed by atoms with Crippen LogP contribution in [0.1, 0.15) is 34.8 Å². The normalized spacial score (nSPS) is 16.5. The number of aryl methyl sites for hydroxylation is 2. The highest BCUT2D eigenvalue weighted by atomic mass is 35.5. The molecule has 0 aliphatic carbocycles. The van der Waals surface area contributed by atoms with Crippen molar-refractivity contribution in [2.45, 2.75) is 33.0 Å². The molecule has 0 saturated carbocycles. The molecule has 2 aromatic rings. The van der Waals surface area contributed by atoms with Gasteiger partial charge in [0.15, 0.2) is 5.79 Å². The van der Waals surface area contributed by atoms with Crippen molar-refractivity contribution in [3.05, 3.63) is 40.0 Å². The highest BCUT2D eigenvalue weighted by Gasteiger charge is 2.30. The van der Waals surface area contributed by atoms with Crippen molar-refractivity contribution < 1.29 is 14.3 Å². The Morgan fingerprint density at radius 3 is 2.71 bits per heavy atom. The van der Waals surface area contributed by atoms with E-state index in [9.17, 15) is 4.79 Å². The minimum absolute atomic E-state index is 0.214. The van der Waals surface area contributed by atoms with Gasteiger partial charge in [-0.3, -0.25) is 4.79 Å². The lowest BCUT2D eigenvalue weighted by atomic mass is 10.1. The summed E-state index contributed by atoms with van der Waals surface area (Å²) in [4.78, 5) is 16.8. The number of amides is 1. The first-order valence-electron chi connectivity index (χ1n) is 8.02. The highest BCUT2D eigenvalue weighted by molar-refractivity contribution is 6.33. The number of hydrogen-bond acceptors (Lipinski definition) is 4. The van der Waals surface area contributed by atoms with E-state index in [0.29, 0.717) is 31.7 Å². The lowest BCUT2D eigenvalue weighted by molar-refractivity contribution is -0.145. The van der Waals surface area contributed by atoms with Crippen LogP contribution in [0.15, 0.2) is 18.2 Å². The zero-order valence-corrected chi connectivity index (χ0v) is 14.9. The summed E-state index contributed by atoms with van der Waals surface area (Å²) in [5.74, 6) is -0.859. The van der Waals surface area contributed by atoms with Gasteiger partial charge in [-0.1, -0.05) is 23.2 Å². The fourth-order valence-electron chi connectivity index (χ4n) is 2.99. The molecule has 1 saturated heterocycles. The fraction of sp³-hybridized carbons (Fsp3) is 0.444.